The molecule has 0 aliphatic carbocycles. The molecule has 6 heteroatoms. The van der Waals surface area contributed by atoms with Crippen molar-refractivity contribution in [2.45, 2.75) is 31.8 Å². The van der Waals surface area contributed by atoms with Gasteiger partial charge >= 0.3 is 0 Å². The number of pyridine rings is 1. The van der Waals surface area contributed by atoms with Crippen molar-refractivity contribution >= 4 is 5.82 Å². The molecule has 3 rings (SSSR count). The van der Waals surface area contributed by atoms with Crippen LogP contribution in [0, 0.1) is 0 Å². The summed E-state index contributed by atoms with van der Waals surface area (Å²) in [5, 5.41) is 3.44. The van der Waals surface area contributed by atoms with Gasteiger partial charge in [-0.15, -0.1) is 0 Å². The second kappa shape index (κ2) is 7.68. The number of methoxy groups -OCH3 is 1. The van der Waals surface area contributed by atoms with E-state index in [0.29, 0.717) is 6.54 Å². The molecule has 0 bridgehead atoms. The highest BCUT2D eigenvalue weighted by molar-refractivity contribution is 5.56. The van der Waals surface area contributed by atoms with Crippen LogP contribution in [0.4, 0.5) is 5.82 Å². The molecule has 6 nitrogen and oxygen atoms in total. The number of aromatic nitrogens is 3. The Morgan fingerprint density at radius 1 is 1.21 bits per heavy atom. The lowest BCUT2D eigenvalue weighted by Crippen LogP contribution is -2.44. The normalized spacial score (nSPS) is 16.8. The lowest BCUT2D eigenvalue weighted by molar-refractivity contribution is -0.0807. The van der Waals surface area contributed by atoms with Crippen molar-refractivity contribution in [1.29, 1.82) is 0 Å². The van der Waals surface area contributed by atoms with Gasteiger partial charge in [-0.25, -0.2) is 9.97 Å². The third kappa shape index (κ3) is 3.88. The highest BCUT2D eigenvalue weighted by atomic mass is 16.5. The van der Waals surface area contributed by atoms with Crippen LogP contribution in [0.15, 0.2) is 30.6 Å². The molecule has 2 aromatic heterocycles. The molecule has 0 unspecified atom stereocenters. The van der Waals surface area contributed by atoms with Crippen LogP contribution in [0.2, 0.25) is 0 Å². The van der Waals surface area contributed by atoms with Gasteiger partial charge in [-0.2, -0.15) is 0 Å². The minimum atomic E-state index is -0.188. The number of anilines is 1. The summed E-state index contributed by atoms with van der Waals surface area (Å²) in [6, 6.07) is 5.86. The molecular weight excluding hydrogens is 304 g/mol. The van der Waals surface area contributed by atoms with Crippen molar-refractivity contribution in [3.8, 4) is 11.4 Å². The van der Waals surface area contributed by atoms with Gasteiger partial charge in [0.05, 0.1) is 5.60 Å². The van der Waals surface area contributed by atoms with Crippen LogP contribution in [-0.2, 0) is 15.9 Å². The SMILES string of the molecule is CCc1cc(NCC2(OC)CCOCC2)nc(-c2ccncc2)n1. The topological polar surface area (TPSA) is 69.2 Å². The van der Waals surface area contributed by atoms with Crippen molar-refractivity contribution < 1.29 is 9.47 Å². The zero-order valence-electron chi connectivity index (χ0n) is 14.3. The standard InChI is InChI=1S/C18H24N4O2/c1-3-15-12-16(20-13-18(23-2)6-10-24-11-7-18)22-17(21-15)14-4-8-19-9-5-14/h4-5,8-9,12H,3,6-7,10-11,13H2,1-2H3,(H,20,21,22). The summed E-state index contributed by atoms with van der Waals surface area (Å²) < 4.78 is 11.2. The summed E-state index contributed by atoms with van der Waals surface area (Å²) in [5.74, 6) is 1.55. The molecule has 0 atom stereocenters. The van der Waals surface area contributed by atoms with E-state index in [1.54, 1.807) is 19.5 Å². The van der Waals surface area contributed by atoms with Gasteiger partial charge in [0.2, 0.25) is 0 Å². The van der Waals surface area contributed by atoms with Crippen LogP contribution in [0.25, 0.3) is 11.4 Å². The predicted octanol–water partition coefficient (Wildman–Crippen LogP) is 2.71. The molecular formula is C18H24N4O2. The Kier molecular flexibility index (Phi) is 5.37. The molecule has 3 heterocycles. The summed E-state index contributed by atoms with van der Waals surface area (Å²) >= 11 is 0. The molecule has 0 aromatic carbocycles. The largest absolute Gasteiger partial charge is 0.381 e. The zero-order chi connectivity index (χ0) is 16.8. The first-order valence-electron chi connectivity index (χ1n) is 8.40. The van der Waals surface area contributed by atoms with E-state index in [2.05, 4.69) is 27.2 Å². The molecule has 1 fully saturated rings. The minimum Gasteiger partial charge on any atom is -0.381 e. The monoisotopic (exact) mass is 328 g/mol. The first kappa shape index (κ1) is 16.8. The van der Waals surface area contributed by atoms with E-state index < -0.39 is 0 Å². The molecule has 1 N–H and O–H groups in total. The molecule has 128 valence electrons. The van der Waals surface area contributed by atoms with Gasteiger partial charge in [-0.05, 0) is 18.6 Å². The van der Waals surface area contributed by atoms with Crippen molar-refractivity contribution in [2.75, 3.05) is 32.2 Å². The van der Waals surface area contributed by atoms with Crippen LogP contribution in [0.1, 0.15) is 25.5 Å². The maximum absolute atomic E-state index is 5.78. The number of rotatable bonds is 6. The highest BCUT2D eigenvalue weighted by Crippen LogP contribution is 2.25. The number of hydrogen-bond acceptors (Lipinski definition) is 6. The number of nitrogens with zero attached hydrogens (tertiary/aromatic N) is 3. The Morgan fingerprint density at radius 2 is 1.96 bits per heavy atom. The summed E-state index contributed by atoms with van der Waals surface area (Å²) in [5.41, 5.74) is 1.79. The Morgan fingerprint density at radius 3 is 2.62 bits per heavy atom. The first-order valence-corrected chi connectivity index (χ1v) is 8.40. The third-order valence-electron chi connectivity index (χ3n) is 4.51. The Labute approximate surface area is 142 Å². The second-order valence-electron chi connectivity index (χ2n) is 6.01. The third-order valence-corrected chi connectivity index (χ3v) is 4.51. The fraction of sp³-hybridized carbons (Fsp3) is 0.500. The van der Waals surface area contributed by atoms with E-state index in [0.717, 1.165) is 55.4 Å². The molecule has 1 aliphatic heterocycles. The van der Waals surface area contributed by atoms with Crippen LogP contribution in [0.5, 0.6) is 0 Å². The summed E-state index contributed by atoms with van der Waals surface area (Å²) in [4.78, 5) is 13.3. The smallest absolute Gasteiger partial charge is 0.161 e. The molecule has 2 aromatic rings. The lowest BCUT2D eigenvalue weighted by Gasteiger charge is -2.36. The molecule has 1 saturated heterocycles. The van der Waals surface area contributed by atoms with Crippen LogP contribution >= 0.6 is 0 Å². The van der Waals surface area contributed by atoms with Gasteiger partial charge in [-0.1, -0.05) is 6.92 Å². The summed E-state index contributed by atoms with van der Waals surface area (Å²) in [6.07, 6.45) is 6.15. The molecule has 1 aliphatic rings. The molecule has 0 saturated carbocycles. The fourth-order valence-electron chi connectivity index (χ4n) is 2.85. The van der Waals surface area contributed by atoms with E-state index in [9.17, 15) is 0 Å². The average molecular weight is 328 g/mol. The zero-order valence-corrected chi connectivity index (χ0v) is 14.3. The lowest BCUT2D eigenvalue weighted by atomic mass is 9.94. The summed E-state index contributed by atoms with van der Waals surface area (Å²) in [7, 11) is 1.77. The van der Waals surface area contributed by atoms with Gasteiger partial charge < -0.3 is 14.8 Å². The molecule has 24 heavy (non-hydrogen) atoms. The van der Waals surface area contributed by atoms with Gasteiger partial charge in [0.1, 0.15) is 5.82 Å². The fourth-order valence-corrected chi connectivity index (χ4v) is 2.85. The number of aryl methyl sites for hydroxylation is 1. The average Bonchev–Trinajstić information content (AvgIpc) is 2.67. The van der Waals surface area contributed by atoms with E-state index in [1.165, 1.54) is 0 Å². The van der Waals surface area contributed by atoms with Gasteiger partial charge in [0, 0.05) is 69.4 Å². The van der Waals surface area contributed by atoms with Crippen molar-refractivity contribution in [3.05, 3.63) is 36.3 Å². The maximum atomic E-state index is 5.78. The van der Waals surface area contributed by atoms with E-state index in [4.69, 9.17) is 9.47 Å². The van der Waals surface area contributed by atoms with Gasteiger partial charge in [0.25, 0.3) is 0 Å². The maximum Gasteiger partial charge on any atom is 0.161 e. The minimum absolute atomic E-state index is 0.188. The molecule has 0 radical (unpaired) electrons. The predicted molar refractivity (Wildman–Crippen MR) is 92.9 cm³/mol. The quantitative estimate of drug-likeness (QED) is 0.879. The van der Waals surface area contributed by atoms with Crippen molar-refractivity contribution in [3.63, 3.8) is 0 Å². The Balaban J connectivity index is 1.80. The van der Waals surface area contributed by atoms with Crippen LogP contribution in [-0.4, -0.2) is 47.4 Å². The number of nitrogens with one attached hydrogen (secondary N) is 1. The van der Waals surface area contributed by atoms with Gasteiger partial charge in [0.15, 0.2) is 5.82 Å². The highest BCUT2D eigenvalue weighted by Gasteiger charge is 2.32. The van der Waals surface area contributed by atoms with E-state index in [-0.39, 0.29) is 5.60 Å². The second-order valence-corrected chi connectivity index (χ2v) is 6.01. The number of hydrogen-bond donors (Lipinski definition) is 1. The van der Waals surface area contributed by atoms with E-state index >= 15 is 0 Å². The first-order chi connectivity index (χ1) is 11.7. The number of ether oxygens (including phenoxy) is 2. The van der Waals surface area contributed by atoms with Crippen molar-refractivity contribution in [2.24, 2.45) is 0 Å². The summed E-state index contributed by atoms with van der Waals surface area (Å²) in [6.45, 7) is 4.28. The molecule has 0 spiro atoms. The van der Waals surface area contributed by atoms with Gasteiger partial charge in [-0.3, -0.25) is 4.98 Å². The van der Waals surface area contributed by atoms with Crippen molar-refractivity contribution in [1.82, 2.24) is 15.0 Å². The Hall–Kier alpha value is -2.05. The van der Waals surface area contributed by atoms with Crippen LogP contribution in [0.3, 0.4) is 0 Å². The van der Waals surface area contributed by atoms with E-state index in [1.807, 2.05) is 18.2 Å². The Bertz CT molecular complexity index is 657. The molecule has 0 amide bonds. The van der Waals surface area contributed by atoms with Crippen LogP contribution < -0.4 is 5.32 Å².